The van der Waals surface area contributed by atoms with Gasteiger partial charge >= 0.3 is 0 Å². The molecule has 1 fully saturated rings. The number of ether oxygens (including phenoxy) is 2. The summed E-state index contributed by atoms with van der Waals surface area (Å²) in [6.07, 6.45) is 0.455. The third kappa shape index (κ3) is 4.71. The monoisotopic (exact) mass is 334 g/mol. The Morgan fingerprint density at radius 2 is 2.04 bits per heavy atom. The lowest BCUT2D eigenvalue weighted by molar-refractivity contribution is -0.137. The van der Waals surface area contributed by atoms with Gasteiger partial charge in [0.15, 0.2) is 0 Å². The second kappa shape index (κ2) is 7.21. The van der Waals surface area contributed by atoms with Gasteiger partial charge in [-0.05, 0) is 38.5 Å². The van der Waals surface area contributed by atoms with Crippen molar-refractivity contribution in [3.63, 3.8) is 0 Å². The maximum Gasteiger partial charge on any atom is 0.240 e. The quantitative estimate of drug-likeness (QED) is 0.885. The van der Waals surface area contributed by atoms with E-state index in [4.69, 9.17) is 15.2 Å². The van der Waals surface area contributed by atoms with Crippen LogP contribution in [0.4, 0.5) is 0 Å². The molecule has 1 aliphatic rings. The molecule has 0 aromatic heterocycles. The lowest BCUT2D eigenvalue weighted by atomic mass is 10.1. The van der Waals surface area contributed by atoms with E-state index in [2.05, 4.69) is 0 Å². The van der Waals surface area contributed by atoms with Crippen LogP contribution >= 0.6 is 0 Å². The average molecular weight is 334 g/mol. The molecule has 1 aromatic rings. The van der Waals surface area contributed by atoms with E-state index in [0.717, 1.165) is 5.56 Å². The zero-order chi connectivity index (χ0) is 17.9. The minimum atomic E-state index is -0.615. The predicted octanol–water partition coefficient (Wildman–Crippen LogP) is 1.51. The summed E-state index contributed by atoms with van der Waals surface area (Å²) in [7, 11) is 1.58. The van der Waals surface area contributed by atoms with E-state index in [0.29, 0.717) is 18.7 Å². The summed E-state index contributed by atoms with van der Waals surface area (Å²) in [5, 5.41) is 0. The number of likely N-dealkylation sites (tertiary alicyclic amines) is 1. The van der Waals surface area contributed by atoms with Crippen molar-refractivity contribution >= 4 is 11.8 Å². The fourth-order valence-electron chi connectivity index (χ4n) is 2.99. The summed E-state index contributed by atoms with van der Waals surface area (Å²) in [6, 6.07) is 6.72. The van der Waals surface area contributed by atoms with Crippen LogP contribution in [0.5, 0.6) is 5.75 Å². The van der Waals surface area contributed by atoms with Crippen LogP contribution in [0.3, 0.4) is 0 Å². The molecular weight excluding hydrogens is 308 g/mol. The highest BCUT2D eigenvalue weighted by atomic mass is 16.5. The Bertz CT molecular complexity index is 609. The number of carbonyl (C=O) groups excluding carboxylic acids is 2. The van der Waals surface area contributed by atoms with Crippen molar-refractivity contribution in [2.75, 3.05) is 13.7 Å². The lowest BCUT2D eigenvalue weighted by Crippen LogP contribution is -2.44. The SMILES string of the molecule is COc1cccc(CC(=O)N2CC(OC(C)(C)C)CC2C(N)=O)c1. The van der Waals surface area contributed by atoms with Gasteiger partial charge in [0.05, 0.1) is 25.2 Å². The highest BCUT2D eigenvalue weighted by Crippen LogP contribution is 2.25. The normalized spacial score (nSPS) is 20.9. The second-order valence-corrected chi connectivity index (χ2v) is 7.08. The standard InChI is InChI=1S/C18H26N2O4/c1-18(2,3)24-14-10-15(17(19)22)20(11-14)16(21)9-12-6-5-7-13(8-12)23-4/h5-8,14-15H,9-11H2,1-4H3,(H2,19,22). The van der Waals surface area contributed by atoms with Crippen LogP contribution in [0.15, 0.2) is 24.3 Å². The van der Waals surface area contributed by atoms with Crippen LogP contribution < -0.4 is 10.5 Å². The summed E-state index contributed by atoms with van der Waals surface area (Å²) in [6.45, 7) is 6.24. The molecule has 2 N–H and O–H groups in total. The number of hydrogen-bond acceptors (Lipinski definition) is 4. The number of methoxy groups -OCH3 is 1. The lowest BCUT2D eigenvalue weighted by Gasteiger charge is -2.25. The molecule has 132 valence electrons. The van der Waals surface area contributed by atoms with Crippen LogP contribution in [0.2, 0.25) is 0 Å². The van der Waals surface area contributed by atoms with E-state index in [1.807, 2.05) is 45.0 Å². The Labute approximate surface area is 142 Å². The molecule has 0 radical (unpaired) electrons. The Hall–Kier alpha value is -2.08. The minimum absolute atomic E-state index is 0.132. The highest BCUT2D eigenvalue weighted by molar-refractivity contribution is 5.88. The number of benzene rings is 1. The van der Waals surface area contributed by atoms with Crippen LogP contribution in [0.25, 0.3) is 0 Å². The van der Waals surface area contributed by atoms with Crippen molar-refractivity contribution in [2.24, 2.45) is 5.73 Å². The van der Waals surface area contributed by atoms with Gasteiger partial charge in [-0.15, -0.1) is 0 Å². The van der Waals surface area contributed by atoms with Gasteiger partial charge in [-0.1, -0.05) is 12.1 Å². The maximum absolute atomic E-state index is 12.7. The third-order valence-electron chi connectivity index (χ3n) is 3.92. The first-order valence-corrected chi connectivity index (χ1v) is 8.09. The molecule has 0 bridgehead atoms. The topological polar surface area (TPSA) is 81.9 Å². The van der Waals surface area contributed by atoms with Crippen LogP contribution in [-0.4, -0.2) is 48.1 Å². The summed E-state index contributed by atoms with van der Waals surface area (Å²) >= 11 is 0. The van der Waals surface area contributed by atoms with Gasteiger partial charge < -0.3 is 20.1 Å². The molecule has 2 rings (SSSR count). The number of primary amides is 1. The predicted molar refractivity (Wildman–Crippen MR) is 90.6 cm³/mol. The van der Waals surface area contributed by atoms with Crippen molar-refractivity contribution in [1.29, 1.82) is 0 Å². The van der Waals surface area contributed by atoms with Gasteiger partial charge in [-0.2, -0.15) is 0 Å². The van der Waals surface area contributed by atoms with Gasteiger partial charge in [0.25, 0.3) is 0 Å². The number of amides is 2. The molecule has 1 aromatic carbocycles. The number of rotatable bonds is 5. The molecule has 0 aliphatic carbocycles. The first-order chi connectivity index (χ1) is 11.2. The molecule has 1 aliphatic heterocycles. The Morgan fingerprint density at radius 1 is 1.33 bits per heavy atom. The molecule has 0 saturated carbocycles. The molecular formula is C18H26N2O4. The summed E-state index contributed by atoms with van der Waals surface area (Å²) in [5.41, 5.74) is 5.98. The van der Waals surface area contributed by atoms with E-state index < -0.39 is 11.9 Å². The van der Waals surface area contributed by atoms with E-state index in [1.165, 1.54) is 4.90 Å². The largest absolute Gasteiger partial charge is 0.497 e. The van der Waals surface area contributed by atoms with Crippen molar-refractivity contribution in [3.8, 4) is 5.75 Å². The molecule has 0 spiro atoms. The Kier molecular flexibility index (Phi) is 5.49. The van der Waals surface area contributed by atoms with Crippen LogP contribution in [0.1, 0.15) is 32.8 Å². The molecule has 6 heteroatoms. The fraction of sp³-hybridized carbons (Fsp3) is 0.556. The molecule has 6 nitrogen and oxygen atoms in total. The van der Waals surface area contributed by atoms with E-state index in [-0.39, 0.29) is 24.0 Å². The molecule has 2 atom stereocenters. The number of carbonyl (C=O) groups is 2. The number of nitrogens with zero attached hydrogens (tertiary/aromatic N) is 1. The number of hydrogen-bond donors (Lipinski definition) is 1. The van der Waals surface area contributed by atoms with E-state index >= 15 is 0 Å². The number of nitrogens with two attached hydrogens (primary N) is 1. The van der Waals surface area contributed by atoms with Crippen LogP contribution in [-0.2, 0) is 20.7 Å². The van der Waals surface area contributed by atoms with Crippen molar-refractivity contribution in [1.82, 2.24) is 4.90 Å². The fourth-order valence-corrected chi connectivity index (χ4v) is 2.99. The molecule has 24 heavy (non-hydrogen) atoms. The van der Waals surface area contributed by atoms with E-state index in [1.54, 1.807) is 7.11 Å². The van der Waals surface area contributed by atoms with E-state index in [9.17, 15) is 9.59 Å². The molecule has 2 amide bonds. The van der Waals surface area contributed by atoms with Crippen LogP contribution in [0, 0.1) is 0 Å². The zero-order valence-corrected chi connectivity index (χ0v) is 14.7. The smallest absolute Gasteiger partial charge is 0.240 e. The van der Waals surface area contributed by atoms with Gasteiger partial charge in [-0.3, -0.25) is 9.59 Å². The van der Waals surface area contributed by atoms with Crippen molar-refractivity contribution in [2.45, 2.75) is 51.4 Å². The van der Waals surface area contributed by atoms with Gasteiger partial charge in [0.1, 0.15) is 11.8 Å². The maximum atomic E-state index is 12.7. The summed E-state index contributed by atoms with van der Waals surface area (Å²) in [4.78, 5) is 25.9. The first-order valence-electron chi connectivity index (χ1n) is 8.09. The zero-order valence-electron chi connectivity index (χ0n) is 14.7. The molecule has 1 heterocycles. The molecule has 1 saturated heterocycles. The van der Waals surface area contributed by atoms with Crippen molar-refractivity contribution in [3.05, 3.63) is 29.8 Å². The summed E-state index contributed by atoms with van der Waals surface area (Å²) < 4.78 is 11.1. The Morgan fingerprint density at radius 3 is 2.62 bits per heavy atom. The van der Waals surface area contributed by atoms with Gasteiger partial charge in [0, 0.05) is 13.0 Å². The first kappa shape index (κ1) is 18.3. The third-order valence-corrected chi connectivity index (χ3v) is 3.92. The Balaban J connectivity index is 2.09. The average Bonchev–Trinajstić information content (AvgIpc) is 2.89. The second-order valence-electron chi connectivity index (χ2n) is 7.08. The van der Waals surface area contributed by atoms with Gasteiger partial charge in [-0.25, -0.2) is 0 Å². The summed E-state index contributed by atoms with van der Waals surface area (Å²) in [5.74, 6) is 0.0724. The molecule has 2 unspecified atom stereocenters. The highest BCUT2D eigenvalue weighted by Gasteiger charge is 2.40. The van der Waals surface area contributed by atoms with Gasteiger partial charge in [0.2, 0.25) is 11.8 Å². The minimum Gasteiger partial charge on any atom is -0.497 e. The van der Waals surface area contributed by atoms with Crippen molar-refractivity contribution < 1.29 is 19.1 Å².